The molecule has 0 amide bonds. The van der Waals surface area contributed by atoms with E-state index in [2.05, 4.69) is 24.4 Å². The minimum Gasteiger partial charge on any atom is -0.478 e. The van der Waals surface area contributed by atoms with Crippen LogP contribution in [0.4, 0.5) is 5.69 Å². The molecular weight excluding hydrogens is 246 g/mol. The molecule has 0 bridgehead atoms. The second-order valence-electron chi connectivity index (χ2n) is 4.01. The van der Waals surface area contributed by atoms with E-state index in [1.807, 2.05) is 12.1 Å². The fraction of sp³-hybridized carbons (Fsp3) is 0.214. The van der Waals surface area contributed by atoms with Crippen molar-refractivity contribution in [1.82, 2.24) is 0 Å². The summed E-state index contributed by atoms with van der Waals surface area (Å²) in [5, 5.41) is 13.8. The molecule has 0 aliphatic heterocycles. The minimum atomic E-state index is -0.871. The van der Waals surface area contributed by atoms with Crippen molar-refractivity contribution in [3.05, 3.63) is 51.7 Å². The number of aryl methyl sites for hydroxylation is 1. The fourth-order valence-corrected chi connectivity index (χ4v) is 2.43. The van der Waals surface area contributed by atoms with Gasteiger partial charge in [0.05, 0.1) is 5.56 Å². The Morgan fingerprint density at radius 1 is 1.33 bits per heavy atom. The number of hydrogen-bond donors (Lipinski definition) is 2. The number of hydrogen-bond acceptors (Lipinski definition) is 3. The average Bonchev–Trinajstić information content (AvgIpc) is 2.86. The topological polar surface area (TPSA) is 49.3 Å². The zero-order valence-corrected chi connectivity index (χ0v) is 11.0. The molecule has 0 aliphatic rings. The van der Waals surface area contributed by atoms with E-state index in [4.69, 9.17) is 5.11 Å². The number of carboxylic acids is 1. The quantitative estimate of drug-likeness (QED) is 0.864. The van der Waals surface area contributed by atoms with Crippen LogP contribution in [0, 0.1) is 0 Å². The maximum Gasteiger partial charge on any atom is 0.336 e. The van der Waals surface area contributed by atoms with E-state index in [1.165, 1.54) is 16.9 Å². The zero-order chi connectivity index (χ0) is 13.0. The number of carboxylic acid groups (broad SMARTS) is 1. The lowest BCUT2D eigenvalue weighted by atomic mass is 10.1. The van der Waals surface area contributed by atoms with Gasteiger partial charge >= 0.3 is 5.97 Å². The Morgan fingerprint density at radius 3 is 2.61 bits per heavy atom. The number of nitrogens with one attached hydrogen (secondary N) is 1. The SMILES string of the molecule is CCc1ccc(NCc2cc(C(=O)O)cs2)cc1. The normalized spacial score (nSPS) is 10.3. The first kappa shape index (κ1) is 12.6. The second-order valence-corrected chi connectivity index (χ2v) is 5.01. The molecule has 1 heterocycles. The van der Waals surface area contributed by atoms with Crippen LogP contribution in [0.1, 0.15) is 27.7 Å². The van der Waals surface area contributed by atoms with E-state index >= 15 is 0 Å². The largest absolute Gasteiger partial charge is 0.478 e. The van der Waals surface area contributed by atoms with Gasteiger partial charge in [0.2, 0.25) is 0 Å². The molecule has 3 nitrogen and oxygen atoms in total. The van der Waals surface area contributed by atoms with Crippen LogP contribution >= 0.6 is 11.3 Å². The second kappa shape index (κ2) is 5.69. The van der Waals surface area contributed by atoms with E-state index in [0.29, 0.717) is 12.1 Å². The number of aromatic carboxylic acids is 1. The first-order valence-corrected chi connectivity index (χ1v) is 6.70. The first-order valence-electron chi connectivity index (χ1n) is 5.82. The molecular formula is C14H15NO2S. The molecule has 0 saturated heterocycles. The van der Waals surface area contributed by atoms with E-state index in [1.54, 1.807) is 11.4 Å². The maximum atomic E-state index is 10.7. The summed E-state index contributed by atoms with van der Waals surface area (Å²) in [6.07, 6.45) is 1.03. The highest BCUT2D eigenvalue weighted by Gasteiger charge is 2.05. The van der Waals surface area contributed by atoms with Crippen molar-refractivity contribution in [2.75, 3.05) is 5.32 Å². The number of benzene rings is 1. The van der Waals surface area contributed by atoms with Crippen LogP contribution in [-0.2, 0) is 13.0 Å². The van der Waals surface area contributed by atoms with Gasteiger partial charge < -0.3 is 10.4 Å². The van der Waals surface area contributed by atoms with Crippen molar-refractivity contribution in [1.29, 1.82) is 0 Å². The lowest BCUT2D eigenvalue weighted by Gasteiger charge is -2.05. The third-order valence-corrected chi connectivity index (χ3v) is 3.67. The van der Waals surface area contributed by atoms with Crippen LogP contribution in [0.15, 0.2) is 35.7 Å². The standard InChI is InChI=1S/C14H15NO2S/c1-2-10-3-5-12(6-4-10)15-8-13-7-11(9-18-13)14(16)17/h3-7,9,15H,2,8H2,1H3,(H,16,17). The van der Waals surface area contributed by atoms with Gasteiger partial charge in [-0.2, -0.15) is 0 Å². The Hall–Kier alpha value is -1.81. The number of rotatable bonds is 5. The van der Waals surface area contributed by atoms with Crippen molar-refractivity contribution in [2.45, 2.75) is 19.9 Å². The number of anilines is 1. The highest BCUT2D eigenvalue weighted by atomic mass is 32.1. The lowest BCUT2D eigenvalue weighted by Crippen LogP contribution is -1.98. The molecule has 0 spiro atoms. The van der Waals surface area contributed by atoms with Crippen LogP contribution < -0.4 is 5.32 Å². The molecule has 0 unspecified atom stereocenters. The van der Waals surface area contributed by atoms with E-state index in [-0.39, 0.29) is 0 Å². The van der Waals surface area contributed by atoms with Crippen LogP contribution in [0.2, 0.25) is 0 Å². The molecule has 2 rings (SSSR count). The van der Waals surface area contributed by atoms with Crippen molar-refractivity contribution >= 4 is 23.0 Å². The first-order chi connectivity index (χ1) is 8.69. The van der Waals surface area contributed by atoms with E-state index < -0.39 is 5.97 Å². The Kier molecular flexibility index (Phi) is 3.99. The summed E-state index contributed by atoms with van der Waals surface area (Å²) in [7, 11) is 0. The molecule has 0 fully saturated rings. The predicted octanol–water partition coefficient (Wildman–Crippen LogP) is 3.62. The van der Waals surface area contributed by atoms with Gasteiger partial charge in [-0.05, 0) is 30.2 Å². The lowest BCUT2D eigenvalue weighted by molar-refractivity contribution is 0.0697. The molecule has 1 aromatic carbocycles. The van der Waals surface area contributed by atoms with Gasteiger partial charge in [0.1, 0.15) is 0 Å². The molecule has 0 atom stereocenters. The van der Waals surface area contributed by atoms with Crippen molar-refractivity contribution < 1.29 is 9.90 Å². The summed E-state index contributed by atoms with van der Waals surface area (Å²) >= 11 is 1.46. The summed E-state index contributed by atoms with van der Waals surface area (Å²) in [6.45, 7) is 2.78. The van der Waals surface area contributed by atoms with Crippen molar-refractivity contribution in [3.63, 3.8) is 0 Å². The van der Waals surface area contributed by atoms with Gasteiger partial charge in [0, 0.05) is 22.5 Å². The summed E-state index contributed by atoms with van der Waals surface area (Å²) in [4.78, 5) is 11.8. The molecule has 0 radical (unpaired) electrons. The summed E-state index contributed by atoms with van der Waals surface area (Å²) in [6, 6.07) is 9.99. The highest BCUT2D eigenvalue weighted by Crippen LogP contribution is 2.17. The van der Waals surface area contributed by atoms with Crippen molar-refractivity contribution in [3.8, 4) is 0 Å². The van der Waals surface area contributed by atoms with Gasteiger partial charge in [-0.15, -0.1) is 11.3 Å². The van der Waals surface area contributed by atoms with E-state index in [9.17, 15) is 4.79 Å². The maximum absolute atomic E-state index is 10.7. The highest BCUT2D eigenvalue weighted by molar-refractivity contribution is 7.10. The minimum absolute atomic E-state index is 0.359. The Bertz CT molecular complexity index is 531. The predicted molar refractivity (Wildman–Crippen MR) is 74.4 cm³/mol. The smallest absolute Gasteiger partial charge is 0.336 e. The van der Waals surface area contributed by atoms with Gasteiger partial charge in [0.15, 0.2) is 0 Å². The third kappa shape index (κ3) is 3.11. The molecule has 18 heavy (non-hydrogen) atoms. The molecule has 0 saturated carbocycles. The number of thiophene rings is 1. The Balaban J connectivity index is 1.95. The zero-order valence-electron chi connectivity index (χ0n) is 10.1. The monoisotopic (exact) mass is 261 g/mol. The van der Waals surface area contributed by atoms with E-state index in [0.717, 1.165) is 17.0 Å². The summed E-state index contributed by atoms with van der Waals surface area (Å²) in [5.74, 6) is -0.871. The average molecular weight is 261 g/mol. The van der Waals surface area contributed by atoms with Crippen LogP contribution in [0.3, 0.4) is 0 Å². The molecule has 0 aliphatic carbocycles. The molecule has 1 aromatic heterocycles. The van der Waals surface area contributed by atoms with Crippen LogP contribution in [0.5, 0.6) is 0 Å². The third-order valence-electron chi connectivity index (χ3n) is 2.73. The Labute approximate surface area is 110 Å². The van der Waals surface area contributed by atoms with Gasteiger partial charge in [-0.25, -0.2) is 4.79 Å². The Morgan fingerprint density at radius 2 is 2.06 bits per heavy atom. The van der Waals surface area contributed by atoms with Gasteiger partial charge in [-0.1, -0.05) is 19.1 Å². The molecule has 2 aromatic rings. The van der Waals surface area contributed by atoms with Crippen LogP contribution in [0.25, 0.3) is 0 Å². The fourth-order valence-electron chi connectivity index (χ4n) is 1.63. The molecule has 4 heteroatoms. The summed E-state index contributed by atoms with van der Waals surface area (Å²) in [5.41, 5.74) is 2.72. The molecule has 94 valence electrons. The van der Waals surface area contributed by atoms with Gasteiger partial charge in [-0.3, -0.25) is 0 Å². The number of carbonyl (C=O) groups is 1. The van der Waals surface area contributed by atoms with Crippen LogP contribution in [-0.4, -0.2) is 11.1 Å². The summed E-state index contributed by atoms with van der Waals surface area (Å²) < 4.78 is 0. The molecule has 2 N–H and O–H groups in total. The van der Waals surface area contributed by atoms with Gasteiger partial charge in [0.25, 0.3) is 0 Å². The van der Waals surface area contributed by atoms with Crippen molar-refractivity contribution in [2.24, 2.45) is 0 Å².